The van der Waals surface area contributed by atoms with E-state index in [2.05, 4.69) is 10.3 Å². The maximum absolute atomic E-state index is 15.9. The third-order valence-corrected chi connectivity index (χ3v) is 13.2. The summed E-state index contributed by atoms with van der Waals surface area (Å²) in [5.74, 6) is -5.14. The van der Waals surface area contributed by atoms with E-state index in [4.69, 9.17) is 33.2 Å². The number of hydrogen-bond donors (Lipinski definition) is 3. The lowest BCUT2D eigenvalue weighted by atomic mass is 9.44. The molecule has 2 amide bonds. The number of carbonyl (C=O) groups excluding carboxylic acids is 6. The van der Waals surface area contributed by atoms with Crippen LogP contribution in [-0.2, 0) is 47.5 Å². The summed E-state index contributed by atoms with van der Waals surface area (Å²) in [7, 11) is 4.22. The summed E-state index contributed by atoms with van der Waals surface area (Å²) in [6, 6.07) is 11.1. The average Bonchev–Trinajstić information content (AvgIpc) is 3.21. The minimum Gasteiger partial charge on any atom is -0.456 e. The summed E-state index contributed by atoms with van der Waals surface area (Å²) in [5, 5.41) is 28.1. The molecule has 6 rings (SSSR count). The molecular weight excluding hydrogens is 835 g/mol. The van der Waals surface area contributed by atoms with Gasteiger partial charge in [0.05, 0.1) is 35.3 Å². The Balaban J connectivity index is 1.57. The monoisotopic (exact) mass is 893 g/mol. The van der Waals surface area contributed by atoms with Crippen LogP contribution in [0.3, 0.4) is 0 Å². The van der Waals surface area contributed by atoms with Gasteiger partial charge in [0.2, 0.25) is 0 Å². The van der Waals surface area contributed by atoms with Gasteiger partial charge in [0.1, 0.15) is 35.6 Å². The van der Waals surface area contributed by atoms with Crippen LogP contribution in [0, 0.1) is 16.7 Å². The van der Waals surface area contributed by atoms with Gasteiger partial charge in [-0.2, -0.15) is 0 Å². The van der Waals surface area contributed by atoms with Crippen LogP contribution in [0.2, 0.25) is 0 Å². The lowest BCUT2D eigenvalue weighted by Gasteiger charge is -2.67. The number of ketones is 1. The highest BCUT2D eigenvalue weighted by atomic mass is 16.6. The molecule has 11 atom stereocenters. The number of alkyl carbamates (subject to hydrolysis) is 1. The molecule has 2 aromatic rings. The topological polar surface area (TPSA) is 236 Å². The fraction of sp³-hybridized carbons (Fsp3) is 0.587. The van der Waals surface area contributed by atoms with Crippen LogP contribution >= 0.6 is 0 Å². The van der Waals surface area contributed by atoms with Crippen molar-refractivity contribution >= 4 is 35.9 Å². The van der Waals surface area contributed by atoms with E-state index in [-0.39, 0.29) is 35.4 Å². The molecule has 3 N–H and O–H groups in total. The van der Waals surface area contributed by atoms with Crippen LogP contribution in [0.25, 0.3) is 0 Å². The van der Waals surface area contributed by atoms with Crippen molar-refractivity contribution in [3.05, 3.63) is 77.1 Å². The summed E-state index contributed by atoms with van der Waals surface area (Å²) in [6.45, 7) is 12.1. The van der Waals surface area contributed by atoms with Crippen molar-refractivity contribution < 1.29 is 72.1 Å². The lowest BCUT2D eigenvalue weighted by Crippen LogP contribution is -2.82. The van der Waals surface area contributed by atoms with Crippen molar-refractivity contribution in [1.29, 1.82) is 0 Å². The number of aliphatic hydroxyl groups excluding tert-OH is 1. The normalized spacial score (nSPS) is 31.5. The standard InChI is InChI=1S/C46H59N3O15/c1-24-28(60-39(54)33(51)32(27-19-15-16-20-47-27)48-40(55)64-42(3,4)5)22-46(57)37(62-38(53)26-17-13-12-14-18-26)35-44(8,29(58-11)21-30-45(35,23-59-30)63-25(2)50)36(52)34(31(24)43(46,6)7)61-41(56)49(9)10/h12-20,28-30,32-35,37,51,57H,21-23H2,1-11H3,(H,48,55)/t28-,29-,30+,32-,33+,34+,35-,37-,44+,45-,46+/m0/s1. The third-order valence-electron chi connectivity index (χ3n) is 13.2. The van der Waals surface area contributed by atoms with Gasteiger partial charge in [-0.05, 0) is 70.0 Å². The van der Waals surface area contributed by atoms with Crippen LogP contribution in [0.4, 0.5) is 9.59 Å². The number of benzene rings is 1. The highest BCUT2D eigenvalue weighted by Crippen LogP contribution is 2.65. The summed E-state index contributed by atoms with van der Waals surface area (Å²) < 4.78 is 42.4. The van der Waals surface area contributed by atoms with Gasteiger partial charge >= 0.3 is 30.1 Å². The molecule has 3 aliphatic carbocycles. The zero-order chi connectivity index (χ0) is 47.3. The second kappa shape index (κ2) is 17.5. The second-order valence-corrected chi connectivity index (χ2v) is 18.9. The zero-order valence-electron chi connectivity index (χ0n) is 38.0. The average molecular weight is 894 g/mol. The maximum Gasteiger partial charge on any atom is 0.410 e. The largest absolute Gasteiger partial charge is 0.456 e. The number of amides is 2. The van der Waals surface area contributed by atoms with Gasteiger partial charge in [0.15, 0.2) is 23.6 Å². The molecule has 3 fully saturated rings. The number of hydrogen-bond acceptors (Lipinski definition) is 16. The number of nitrogens with zero attached hydrogens (tertiary/aromatic N) is 2. The number of aromatic nitrogens is 1. The summed E-state index contributed by atoms with van der Waals surface area (Å²) >= 11 is 0. The first-order chi connectivity index (χ1) is 29.8. The molecule has 4 aliphatic rings. The predicted molar refractivity (Wildman–Crippen MR) is 224 cm³/mol. The number of ether oxygens (including phenoxy) is 7. The second-order valence-electron chi connectivity index (χ2n) is 18.9. The summed E-state index contributed by atoms with van der Waals surface area (Å²) in [4.78, 5) is 89.8. The van der Waals surface area contributed by atoms with E-state index in [1.807, 2.05) is 0 Å². The summed E-state index contributed by atoms with van der Waals surface area (Å²) in [6.07, 6.45) is -10.2. The van der Waals surface area contributed by atoms with E-state index in [1.54, 1.807) is 71.9 Å². The molecule has 348 valence electrons. The summed E-state index contributed by atoms with van der Waals surface area (Å²) in [5.41, 5.74) is -8.22. The van der Waals surface area contributed by atoms with Crippen LogP contribution in [0.5, 0.6) is 0 Å². The molecule has 1 saturated heterocycles. The van der Waals surface area contributed by atoms with Crippen molar-refractivity contribution in [2.45, 2.75) is 128 Å². The van der Waals surface area contributed by atoms with Crippen molar-refractivity contribution in [2.75, 3.05) is 27.8 Å². The zero-order valence-corrected chi connectivity index (χ0v) is 38.0. The number of nitrogens with one attached hydrogen (secondary N) is 1. The predicted octanol–water partition coefficient (Wildman–Crippen LogP) is 4.01. The molecule has 1 aromatic carbocycles. The quantitative estimate of drug-likeness (QED) is 0.174. The molecule has 1 aromatic heterocycles. The molecule has 2 saturated carbocycles. The molecule has 0 spiro atoms. The Morgan fingerprint density at radius 2 is 1.64 bits per heavy atom. The molecule has 18 nitrogen and oxygen atoms in total. The lowest BCUT2D eigenvalue weighted by molar-refractivity contribution is -0.347. The first-order valence-electron chi connectivity index (χ1n) is 21.1. The molecular formula is C46H59N3O15. The highest BCUT2D eigenvalue weighted by Gasteiger charge is 2.78. The van der Waals surface area contributed by atoms with Crippen LogP contribution < -0.4 is 5.32 Å². The van der Waals surface area contributed by atoms with Gasteiger partial charge in [-0.1, -0.05) is 38.1 Å². The number of fused-ring (bicyclic) bond motifs is 5. The molecule has 1 aliphatic heterocycles. The number of Topliss-reactive ketones (excluding diaryl/α,β-unsaturated/α-hetero) is 1. The van der Waals surface area contributed by atoms with E-state index in [9.17, 15) is 34.2 Å². The fourth-order valence-corrected chi connectivity index (χ4v) is 10.0. The van der Waals surface area contributed by atoms with Crippen LogP contribution in [-0.4, -0.2) is 137 Å². The molecule has 64 heavy (non-hydrogen) atoms. The van der Waals surface area contributed by atoms with Crippen LogP contribution in [0.15, 0.2) is 65.9 Å². The minimum atomic E-state index is -2.38. The number of pyridine rings is 1. The molecule has 18 heteroatoms. The number of esters is 3. The van der Waals surface area contributed by atoms with Gasteiger partial charge < -0.3 is 53.6 Å². The van der Waals surface area contributed by atoms with E-state index in [0.717, 1.165) is 4.90 Å². The Kier molecular flexibility index (Phi) is 13.1. The Labute approximate surface area is 371 Å². The molecule has 0 unspecified atom stereocenters. The minimum absolute atomic E-state index is 0.0168. The van der Waals surface area contributed by atoms with Gasteiger partial charge in [0.25, 0.3) is 0 Å². The SMILES string of the molecule is CO[C@H]1C[C@H]2OC[C@@]2(OC(C)=O)[C@H]2[C@H](OC(=O)c3ccccc3)[C@]3(O)C[C@H](OC(=O)[C@H](O)[C@@H](NC(=O)OC(C)(C)C)c4ccccn4)C(C)=C([C@@H](OC(=O)N(C)C)C(=O)[C@]12C)C3(C)C. The Bertz CT molecular complexity index is 2170. The number of rotatable bonds is 10. The number of methoxy groups -OCH3 is 1. The highest BCUT2D eigenvalue weighted by molar-refractivity contribution is 5.95. The molecule has 2 bridgehead atoms. The van der Waals surface area contributed by atoms with Gasteiger partial charge in [-0.15, -0.1) is 0 Å². The van der Waals surface area contributed by atoms with Crippen molar-refractivity contribution in [3.63, 3.8) is 0 Å². The Morgan fingerprint density at radius 3 is 2.19 bits per heavy atom. The first-order valence-corrected chi connectivity index (χ1v) is 21.1. The molecule has 0 radical (unpaired) electrons. The van der Waals surface area contributed by atoms with E-state index in [1.165, 1.54) is 59.4 Å². The first kappa shape index (κ1) is 48.0. The van der Waals surface area contributed by atoms with Crippen molar-refractivity contribution in [3.8, 4) is 0 Å². The van der Waals surface area contributed by atoms with E-state index >= 15 is 4.79 Å². The van der Waals surface area contributed by atoms with E-state index in [0.29, 0.717) is 0 Å². The van der Waals surface area contributed by atoms with Crippen molar-refractivity contribution in [1.82, 2.24) is 15.2 Å². The third kappa shape index (κ3) is 8.36. The smallest absolute Gasteiger partial charge is 0.410 e. The Morgan fingerprint density at radius 1 is 0.984 bits per heavy atom. The fourth-order valence-electron chi connectivity index (χ4n) is 10.0. The molecule has 2 heterocycles. The van der Waals surface area contributed by atoms with Crippen LogP contribution in [0.1, 0.15) is 90.3 Å². The van der Waals surface area contributed by atoms with E-state index < -0.39 is 119 Å². The van der Waals surface area contributed by atoms with Gasteiger partial charge in [-0.3, -0.25) is 14.6 Å². The number of carbonyl (C=O) groups is 6. The van der Waals surface area contributed by atoms with Gasteiger partial charge in [-0.25, -0.2) is 19.2 Å². The van der Waals surface area contributed by atoms with Crippen molar-refractivity contribution in [2.24, 2.45) is 16.7 Å². The maximum atomic E-state index is 15.9. The number of aliphatic hydroxyl groups is 2. The Hall–Kier alpha value is -5.43. The van der Waals surface area contributed by atoms with Gasteiger partial charge in [0, 0.05) is 52.6 Å².